The molecule has 5 nitrogen and oxygen atoms in total. The highest BCUT2D eigenvalue weighted by atomic mass is 15.1. The van der Waals surface area contributed by atoms with Crippen LogP contribution in [0.3, 0.4) is 0 Å². The van der Waals surface area contributed by atoms with Crippen molar-refractivity contribution in [2.75, 3.05) is 17.7 Å². The van der Waals surface area contributed by atoms with Crippen molar-refractivity contribution in [2.45, 2.75) is 40.2 Å². The number of rotatable bonds is 5. The summed E-state index contributed by atoms with van der Waals surface area (Å²) < 4.78 is 0. The molecule has 0 aliphatic heterocycles. The Hall–Kier alpha value is -2.61. The fourth-order valence-corrected chi connectivity index (χ4v) is 2.63. The number of nitrogens with one attached hydrogen (secondary N) is 2. The molecule has 0 bridgehead atoms. The minimum atomic E-state index is 0.279. The molecule has 0 spiro atoms. The van der Waals surface area contributed by atoms with E-state index in [2.05, 4.69) is 53.5 Å². The Morgan fingerprint density at radius 3 is 2.71 bits per heavy atom. The third-order valence-electron chi connectivity index (χ3n) is 3.94. The number of aromatic nitrogens is 1. The molecule has 0 fully saturated rings. The number of hydrogen-bond donors (Lipinski definition) is 2. The number of aryl methyl sites for hydroxylation is 1. The van der Waals surface area contributed by atoms with Crippen LogP contribution >= 0.6 is 0 Å². The molecule has 1 aromatic heterocycles. The molecule has 126 valence electrons. The smallest absolute Gasteiger partial charge is 0.150 e. The summed E-state index contributed by atoms with van der Waals surface area (Å²) in [4.78, 5) is 8.77. The minimum absolute atomic E-state index is 0.279. The van der Waals surface area contributed by atoms with Crippen LogP contribution in [0.25, 0.3) is 0 Å². The number of nitriles is 1. The minimum Gasteiger partial charge on any atom is -0.368 e. The Bertz CT molecular complexity index is 735. The van der Waals surface area contributed by atoms with Crippen molar-refractivity contribution >= 4 is 17.9 Å². The molecule has 1 heterocycles. The zero-order chi connectivity index (χ0) is 17.7. The van der Waals surface area contributed by atoms with Gasteiger partial charge in [-0.15, -0.1) is 0 Å². The molecule has 1 atom stereocenters. The Labute approximate surface area is 144 Å². The molecule has 0 saturated carbocycles. The van der Waals surface area contributed by atoms with Crippen molar-refractivity contribution in [1.29, 1.82) is 5.26 Å². The van der Waals surface area contributed by atoms with Crippen molar-refractivity contribution in [3.63, 3.8) is 0 Å². The van der Waals surface area contributed by atoms with Crippen LogP contribution < -0.4 is 10.6 Å². The molecule has 1 aliphatic rings. The van der Waals surface area contributed by atoms with Gasteiger partial charge in [-0.1, -0.05) is 11.6 Å². The topological polar surface area (TPSA) is 73.1 Å². The number of nitrogens with zero attached hydrogens (tertiary/aromatic N) is 3. The molecule has 1 aromatic rings. The van der Waals surface area contributed by atoms with Gasteiger partial charge in [-0.3, -0.25) is 0 Å². The van der Waals surface area contributed by atoms with Gasteiger partial charge in [-0.25, -0.2) is 4.98 Å². The highest BCUT2D eigenvalue weighted by Gasteiger charge is 2.17. The molecule has 0 radical (unpaired) electrons. The van der Waals surface area contributed by atoms with Crippen LogP contribution in [0.2, 0.25) is 0 Å². The number of pyridine rings is 1. The van der Waals surface area contributed by atoms with Gasteiger partial charge in [0.05, 0.1) is 5.56 Å². The van der Waals surface area contributed by atoms with E-state index in [1.807, 2.05) is 25.3 Å². The maximum absolute atomic E-state index is 9.42. The fourth-order valence-electron chi connectivity index (χ4n) is 2.63. The van der Waals surface area contributed by atoms with Gasteiger partial charge in [0, 0.05) is 30.9 Å². The molecule has 1 aliphatic carbocycles. The van der Waals surface area contributed by atoms with Gasteiger partial charge >= 0.3 is 0 Å². The van der Waals surface area contributed by atoms with Gasteiger partial charge in [0.25, 0.3) is 0 Å². The first-order chi connectivity index (χ1) is 11.4. The van der Waals surface area contributed by atoms with E-state index >= 15 is 0 Å². The summed E-state index contributed by atoms with van der Waals surface area (Å²) in [5, 5.41) is 16.1. The van der Waals surface area contributed by atoms with E-state index in [1.165, 1.54) is 5.57 Å². The maximum Gasteiger partial charge on any atom is 0.150 e. The quantitative estimate of drug-likeness (QED) is 0.802. The molecule has 24 heavy (non-hydrogen) atoms. The van der Waals surface area contributed by atoms with Crippen molar-refractivity contribution < 1.29 is 0 Å². The first-order valence-electron chi connectivity index (χ1n) is 8.19. The third-order valence-corrected chi connectivity index (χ3v) is 3.94. The van der Waals surface area contributed by atoms with Crippen LogP contribution in [-0.2, 0) is 0 Å². The second-order valence-corrected chi connectivity index (χ2v) is 6.41. The van der Waals surface area contributed by atoms with E-state index in [4.69, 9.17) is 0 Å². The Morgan fingerprint density at radius 1 is 1.33 bits per heavy atom. The van der Waals surface area contributed by atoms with Crippen molar-refractivity contribution in [3.8, 4) is 6.07 Å². The summed E-state index contributed by atoms with van der Waals surface area (Å²) in [7, 11) is 1.79. The summed E-state index contributed by atoms with van der Waals surface area (Å²) >= 11 is 0. The van der Waals surface area contributed by atoms with Gasteiger partial charge < -0.3 is 15.6 Å². The van der Waals surface area contributed by atoms with E-state index < -0.39 is 0 Å². The SMILES string of the molecule is CN=CC1CC(Nc2nc(NC(C)C)c(C)cc2C#N)=CC=C1C. The van der Waals surface area contributed by atoms with E-state index in [0.29, 0.717) is 11.4 Å². The predicted octanol–water partition coefficient (Wildman–Crippen LogP) is 4.04. The highest BCUT2D eigenvalue weighted by Crippen LogP contribution is 2.27. The summed E-state index contributed by atoms with van der Waals surface area (Å²) in [6, 6.07) is 4.38. The van der Waals surface area contributed by atoms with Crippen LogP contribution in [0, 0.1) is 24.2 Å². The Balaban J connectivity index is 2.30. The molecular weight excluding hydrogens is 298 g/mol. The largest absolute Gasteiger partial charge is 0.368 e. The predicted molar refractivity (Wildman–Crippen MR) is 100 cm³/mol. The molecule has 2 rings (SSSR count). The van der Waals surface area contributed by atoms with E-state index in [1.54, 1.807) is 7.05 Å². The van der Waals surface area contributed by atoms with Crippen molar-refractivity contribution in [3.05, 3.63) is 40.6 Å². The van der Waals surface area contributed by atoms with Gasteiger partial charge in [-0.05, 0) is 51.8 Å². The van der Waals surface area contributed by atoms with Crippen molar-refractivity contribution in [2.24, 2.45) is 10.9 Å². The monoisotopic (exact) mass is 323 g/mol. The Morgan fingerprint density at radius 2 is 2.08 bits per heavy atom. The summed E-state index contributed by atoms with van der Waals surface area (Å²) in [5.41, 5.74) is 3.84. The second kappa shape index (κ2) is 7.78. The summed E-state index contributed by atoms with van der Waals surface area (Å²) in [5.74, 6) is 1.69. The number of hydrogen-bond acceptors (Lipinski definition) is 5. The first kappa shape index (κ1) is 17.7. The fraction of sp³-hybridized carbons (Fsp3) is 0.421. The van der Waals surface area contributed by atoms with Gasteiger partial charge in [0.15, 0.2) is 5.82 Å². The number of anilines is 2. The molecule has 0 aromatic carbocycles. The van der Waals surface area contributed by atoms with E-state index in [-0.39, 0.29) is 12.0 Å². The molecule has 0 amide bonds. The number of aliphatic imine (C=N–C) groups is 1. The summed E-state index contributed by atoms with van der Waals surface area (Å²) in [6.07, 6.45) is 6.92. The first-order valence-corrected chi connectivity index (χ1v) is 8.19. The van der Waals surface area contributed by atoms with Crippen molar-refractivity contribution in [1.82, 2.24) is 4.98 Å². The average Bonchev–Trinajstić information content (AvgIpc) is 2.53. The zero-order valence-corrected chi connectivity index (χ0v) is 15.0. The molecule has 5 heteroatoms. The van der Waals surface area contributed by atoms with Crippen LogP contribution in [0.1, 0.15) is 38.3 Å². The maximum atomic E-state index is 9.42. The zero-order valence-electron chi connectivity index (χ0n) is 15.0. The highest BCUT2D eigenvalue weighted by molar-refractivity contribution is 5.68. The van der Waals surface area contributed by atoms with E-state index in [0.717, 1.165) is 23.5 Å². The van der Waals surface area contributed by atoms with Gasteiger partial charge in [0.2, 0.25) is 0 Å². The lowest BCUT2D eigenvalue weighted by molar-refractivity contribution is 0.787. The summed E-state index contributed by atoms with van der Waals surface area (Å²) in [6.45, 7) is 8.20. The third kappa shape index (κ3) is 4.23. The van der Waals surface area contributed by atoms with Crippen LogP contribution in [0.4, 0.5) is 11.6 Å². The van der Waals surface area contributed by atoms with Gasteiger partial charge in [0.1, 0.15) is 11.9 Å². The molecule has 0 saturated heterocycles. The molecular formula is C19H25N5. The average molecular weight is 323 g/mol. The molecule has 2 N–H and O–H groups in total. The standard InChI is InChI=1S/C19H25N5/c1-12(2)22-18-14(4)8-15(10-20)19(24-18)23-17-7-6-13(3)16(9-17)11-21-5/h6-8,11-12,16H,9H2,1-5H3,(H2,22,23,24). The lowest BCUT2D eigenvalue weighted by atomic mass is 9.91. The second-order valence-electron chi connectivity index (χ2n) is 6.41. The Kier molecular flexibility index (Phi) is 5.75. The lowest BCUT2D eigenvalue weighted by Gasteiger charge is -2.21. The lowest BCUT2D eigenvalue weighted by Crippen LogP contribution is -2.16. The van der Waals surface area contributed by atoms with E-state index in [9.17, 15) is 5.26 Å². The van der Waals surface area contributed by atoms with Crippen LogP contribution in [0.15, 0.2) is 34.5 Å². The molecule has 1 unspecified atom stereocenters. The van der Waals surface area contributed by atoms with Crippen LogP contribution in [0.5, 0.6) is 0 Å². The normalized spacial score (nSPS) is 17.5. The number of allylic oxidation sites excluding steroid dienone is 4. The van der Waals surface area contributed by atoms with Crippen LogP contribution in [-0.4, -0.2) is 24.3 Å². The van der Waals surface area contributed by atoms with Gasteiger partial charge in [-0.2, -0.15) is 5.26 Å².